The van der Waals surface area contributed by atoms with Crippen LogP contribution in [0.25, 0.3) is 0 Å². The van der Waals surface area contributed by atoms with E-state index in [4.69, 9.17) is 10.5 Å². The van der Waals surface area contributed by atoms with Gasteiger partial charge in [0, 0.05) is 18.8 Å². The van der Waals surface area contributed by atoms with E-state index in [1.807, 2.05) is 6.92 Å². The molecular formula is C14H22N2O3S. The van der Waals surface area contributed by atoms with Crippen molar-refractivity contribution in [1.29, 1.82) is 0 Å². The predicted molar refractivity (Wildman–Crippen MR) is 79.0 cm³/mol. The Kier molecular flexibility index (Phi) is 5.01. The van der Waals surface area contributed by atoms with Gasteiger partial charge in [-0.3, -0.25) is 0 Å². The second-order valence-corrected chi connectivity index (χ2v) is 7.02. The summed E-state index contributed by atoms with van der Waals surface area (Å²) in [5, 5.41) is 0. The molecule has 1 aromatic rings. The Balaban J connectivity index is 1.93. The van der Waals surface area contributed by atoms with Crippen molar-refractivity contribution in [1.82, 2.24) is 4.72 Å². The first-order valence-electron chi connectivity index (χ1n) is 6.96. The smallest absolute Gasteiger partial charge is 0.240 e. The summed E-state index contributed by atoms with van der Waals surface area (Å²) >= 11 is 0. The molecule has 0 aromatic heterocycles. The van der Waals surface area contributed by atoms with Gasteiger partial charge in [-0.25, -0.2) is 13.1 Å². The number of benzene rings is 1. The van der Waals surface area contributed by atoms with Crippen LogP contribution in [0, 0.1) is 6.92 Å². The van der Waals surface area contributed by atoms with Crippen molar-refractivity contribution < 1.29 is 13.2 Å². The van der Waals surface area contributed by atoms with Gasteiger partial charge in [0.25, 0.3) is 0 Å². The first-order valence-corrected chi connectivity index (χ1v) is 8.44. The van der Waals surface area contributed by atoms with Gasteiger partial charge >= 0.3 is 0 Å². The summed E-state index contributed by atoms with van der Waals surface area (Å²) in [4.78, 5) is 0.222. The number of aryl methyl sites for hydroxylation is 1. The summed E-state index contributed by atoms with van der Waals surface area (Å²) in [6.07, 6.45) is 4.16. The van der Waals surface area contributed by atoms with Gasteiger partial charge in [-0.05, 0) is 56.4 Å². The summed E-state index contributed by atoms with van der Waals surface area (Å²) in [6.45, 7) is 3.00. The van der Waals surface area contributed by atoms with Crippen molar-refractivity contribution in [3.63, 3.8) is 0 Å². The van der Waals surface area contributed by atoms with Crippen LogP contribution < -0.4 is 10.5 Å². The van der Waals surface area contributed by atoms with Crippen molar-refractivity contribution in [3.8, 4) is 0 Å². The maximum absolute atomic E-state index is 12.2. The number of nitrogens with two attached hydrogens (primary N) is 1. The highest BCUT2D eigenvalue weighted by molar-refractivity contribution is 7.89. The van der Waals surface area contributed by atoms with Crippen LogP contribution in [-0.2, 0) is 14.8 Å². The van der Waals surface area contributed by atoms with E-state index >= 15 is 0 Å². The van der Waals surface area contributed by atoms with Gasteiger partial charge in [-0.1, -0.05) is 0 Å². The second-order valence-electron chi connectivity index (χ2n) is 5.25. The normalized spacial score (nSPS) is 19.9. The lowest BCUT2D eigenvalue weighted by Gasteiger charge is -2.22. The van der Waals surface area contributed by atoms with Crippen LogP contribution >= 0.6 is 0 Å². The van der Waals surface area contributed by atoms with Crippen molar-refractivity contribution >= 4 is 15.7 Å². The molecule has 0 saturated carbocycles. The van der Waals surface area contributed by atoms with Crippen molar-refractivity contribution in [2.45, 2.75) is 43.6 Å². The summed E-state index contributed by atoms with van der Waals surface area (Å²) < 4.78 is 32.5. The van der Waals surface area contributed by atoms with E-state index in [0.29, 0.717) is 18.7 Å². The molecule has 1 aliphatic heterocycles. The maximum atomic E-state index is 12.2. The molecule has 1 aliphatic rings. The molecule has 0 radical (unpaired) electrons. The first kappa shape index (κ1) is 15.3. The van der Waals surface area contributed by atoms with Gasteiger partial charge in [0.15, 0.2) is 0 Å². The average molecular weight is 298 g/mol. The molecule has 1 aromatic carbocycles. The summed E-state index contributed by atoms with van der Waals surface area (Å²) in [5.41, 5.74) is 6.98. The van der Waals surface area contributed by atoms with Crippen LogP contribution in [0.2, 0.25) is 0 Å². The monoisotopic (exact) mass is 298 g/mol. The fraction of sp³-hybridized carbons (Fsp3) is 0.571. The minimum absolute atomic E-state index is 0.175. The van der Waals surface area contributed by atoms with Gasteiger partial charge < -0.3 is 10.5 Å². The SMILES string of the molecule is Cc1cc(N)cc(S(=O)(=O)NCCC2CCCCO2)c1. The largest absolute Gasteiger partial charge is 0.399 e. The lowest BCUT2D eigenvalue weighted by Crippen LogP contribution is -2.29. The molecule has 3 N–H and O–H groups in total. The van der Waals surface area contributed by atoms with Crippen LogP contribution in [-0.4, -0.2) is 27.7 Å². The number of nitrogens with one attached hydrogen (secondary N) is 1. The highest BCUT2D eigenvalue weighted by atomic mass is 32.2. The van der Waals surface area contributed by atoms with Gasteiger partial charge in [-0.2, -0.15) is 0 Å². The van der Waals surface area contributed by atoms with Crippen LogP contribution in [0.3, 0.4) is 0 Å². The molecular weight excluding hydrogens is 276 g/mol. The third kappa shape index (κ3) is 4.19. The number of hydrogen-bond donors (Lipinski definition) is 2. The van der Waals surface area contributed by atoms with Crippen molar-refractivity contribution in [3.05, 3.63) is 23.8 Å². The first-order chi connectivity index (χ1) is 9.47. The number of sulfonamides is 1. The number of nitrogen functional groups attached to an aromatic ring is 1. The Morgan fingerprint density at radius 3 is 2.80 bits per heavy atom. The molecule has 0 bridgehead atoms. The zero-order valence-electron chi connectivity index (χ0n) is 11.8. The highest BCUT2D eigenvalue weighted by Gasteiger charge is 2.17. The Bertz CT molecular complexity index is 531. The van der Waals surface area contributed by atoms with Crippen molar-refractivity contribution in [2.75, 3.05) is 18.9 Å². The third-order valence-electron chi connectivity index (χ3n) is 3.42. The van der Waals surface area contributed by atoms with E-state index in [1.54, 1.807) is 12.1 Å². The zero-order chi connectivity index (χ0) is 14.6. The molecule has 0 aliphatic carbocycles. The molecule has 112 valence electrons. The number of rotatable bonds is 5. The van der Waals surface area contributed by atoms with E-state index in [-0.39, 0.29) is 11.0 Å². The molecule has 0 amide bonds. The topological polar surface area (TPSA) is 81.4 Å². The molecule has 20 heavy (non-hydrogen) atoms. The van der Waals surface area contributed by atoms with Crippen LogP contribution in [0.5, 0.6) is 0 Å². The van der Waals surface area contributed by atoms with E-state index in [1.165, 1.54) is 6.07 Å². The van der Waals surface area contributed by atoms with Gasteiger partial charge in [-0.15, -0.1) is 0 Å². The minimum Gasteiger partial charge on any atom is -0.399 e. The summed E-state index contributed by atoms with van der Waals surface area (Å²) in [5.74, 6) is 0. The van der Waals surface area contributed by atoms with E-state index < -0.39 is 10.0 Å². The van der Waals surface area contributed by atoms with Gasteiger partial charge in [0.05, 0.1) is 11.0 Å². The van der Waals surface area contributed by atoms with Crippen molar-refractivity contribution in [2.24, 2.45) is 0 Å². The highest BCUT2D eigenvalue weighted by Crippen LogP contribution is 2.17. The molecule has 0 spiro atoms. The maximum Gasteiger partial charge on any atom is 0.240 e. The van der Waals surface area contributed by atoms with Gasteiger partial charge in [0.2, 0.25) is 10.0 Å². The Morgan fingerprint density at radius 1 is 1.35 bits per heavy atom. The molecule has 1 unspecified atom stereocenters. The third-order valence-corrected chi connectivity index (χ3v) is 4.86. The lowest BCUT2D eigenvalue weighted by molar-refractivity contribution is 0.0123. The number of hydrogen-bond acceptors (Lipinski definition) is 4. The predicted octanol–water partition coefficient (Wildman–Crippen LogP) is 1.81. The number of anilines is 1. The Labute approximate surface area is 120 Å². The Hall–Kier alpha value is -1.11. The average Bonchev–Trinajstić information content (AvgIpc) is 2.38. The fourth-order valence-corrected chi connectivity index (χ4v) is 3.59. The van der Waals surface area contributed by atoms with E-state index in [0.717, 1.165) is 31.4 Å². The Morgan fingerprint density at radius 2 is 2.15 bits per heavy atom. The summed E-state index contributed by atoms with van der Waals surface area (Å²) in [6, 6.07) is 4.84. The minimum atomic E-state index is -3.49. The second kappa shape index (κ2) is 6.56. The molecule has 5 nitrogen and oxygen atoms in total. The molecule has 2 rings (SSSR count). The molecule has 1 heterocycles. The fourth-order valence-electron chi connectivity index (χ4n) is 2.40. The van der Waals surface area contributed by atoms with Crippen LogP contribution in [0.1, 0.15) is 31.2 Å². The molecule has 1 saturated heterocycles. The molecule has 1 atom stereocenters. The van der Waals surface area contributed by atoms with Gasteiger partial charge in [0.1, 0.15) is 0 Å². The summed E-state index contributed by atoms with van der Waals surface area (Å²) in [7, 11) is -3.49. The number of ether oxygens (including phenoxy) is 1. The molecule has 6 heteroatoms. The lowest BCUT2D eigenvalue weighted by atomic mass is 10.1. The van der Waals surface area contributed by atoms with E-state index in [9.17, 15) is 8.42 Å². The van der Waals surface area contributed by atoms with Crippen LogP contribution in [0.4, 0.5) is 5.69 Å². The molecule has 1 fully saturated rings. The standard InChI is InChI=1S/C14H22N2O3S/c1-11-8-12(15)10-14(9-11)20(17,18)16-6-5-13-4-2-3-7-19-13/h8-10,13,16H,2-7,15H2,1H3. The van der Waals surface area contributed by atoms with E-state index in [2.05, 4.69) is 4.72 Å². The quantitative estimate of drug-likeness (QED) is 0.812. The van der Waals surface area contributed by atoms with Crippen LogP contribution in [0.15, 0.2) is 23.1 Å². The zero-order valence-corrected chi connectivity index (χ0v) is 12.6.